The molecule has 0 unspecified atom stereocenters. The monoisotopic (exact) mass is 398 g/mol. The van der Waals surface area contributed by atoms with Crippen LogP contribution in [0.4, 0.5) is 11.4 Å². The number of likely N-dealkylation sites (N-methyl/N-ethyl adjacent to an activating group) is 1. The van der Waals surface area contributed by atoms with Crippen LogP contribution < -0.4 is 5.32 Å². The van der Waals surface area contributed by atoms with Crippen LogP contribution in [0.25, 0.3) is 12.2 Å². The van der Waals surface area contributed by atoms with Crippen molar-refractivity contribution in [2.75, 3.05) is 38.5 Å². The number of carbonyl (C=O) groups is 1. The molecular weight excluding hydrogens is 372 g/mol. The average Bonchev–Trinajstić information content (AvgIpc) is 2.79. The average molecular weight is 399 g/mol. The molecule has 1 aliphatic heterocycles. The molecule has 1 fully saturated rings. The zero-order chi connectivity index (χ0) is 20.8. The van der Waals surface area contributed by atoms with Crippen molar-refractivity contribution < 1.29 is 4.79 Å². The van der Waals surface area contributed by atoms with E-state index in [9.17, 15) is 4.79 Å². The highest BCUT2D eigenvalue weighted by Crippen LogP contribution is 2.21. The number of carbonyl (C=O) groups excluding carboxylic acids is 1. The van der Waals surface area contributed by atoms with Crippen molar-refractivity contribution in [1.82, 2.24) is 14.8 Å². The number of rotatable bonds is 5. The first-order valence-corrected chi connectivity index (χ1v) is 10.2. The third kappa shape index (κ3) is 5.13. The first-order valence-electron chi connectivity index (χ1n) is 10.2. The number of piperazine rings is 1. The lowest BCUT2D eigenvalue weighted by molar-refractivity contribution is 0.0664. The summed E-state index contributed by atoms with van der Waals surface area (Å²) in [4.78, 5) is 21.1. The number of hydrogen-bond acceptors (Lipinski definition) is 4. The molecule has 2 heterocycles. The molecule has 0 aliphatic carbocycles. The highest BCUT2D eigenvalue weighted by Gasteiger charge is 2.20. The van der Waals surface area contributed by atoms with Gasteiger partial charge in [-0.3, -0.25) is 9.78 Å². The van der Waals surface area contributed by atoms with E-state index in [2.05, 4.69) is 46.5 Å². The van der Waals surface area contributed by atoms with Gasteiger partial charge in [-0.1, -0.05) is 30.4 Å². The number of hydrogen-bond donors (Lipinski definition) is 1. The number of pyridine rings is 1. The minimum absolute atomic E-state index is 0.0979. The minimum atomic E-state index is 0.0979. The number of nitrogens with zero attached hydrogens (tertiary/aromatic N) is 3. The molecular formula is C25H26N4O. The zero-order valence-electron chi connectivity index (χ0n) is 17.2. The lowest BCUT2D eigenvalue weighted by Gasteiger charge is -2.32. The molecule has 30 heavy (non-hydrogen) atoms. The van der Waals surface area contributed by atoms with Gasteiger partial charge in [-0.05, 0) is 60.6 Å². The van der Waals surface area contributed by atoms with Crippen molar-refractivity contribution in [3.8, 4) is 0 Å². The minimum Gasteiger partial charge on any atom is -0.355 e. The van der Waals surface area contributed by atoms with Crippen molar-refractivity contribution in [1.29, 1.82) is 0 Å². The number of amides is 1. The molecule has 0 saturated carbocycles. The third-order valence-corrected chi connectivity index (χ3v) is 5.25. The quantitative estimate of drug-likeness (QED) is 0.693. The molecule has 1 aromatic heterocycles. The summed E-state index contributed by atoms with van der Waals surface area (Å²) in [5.74, 6) is 0.0979. The van der Waals surface area contributed by atoms with E-state index in [0.29, 0.717) is 0 Å². The summed E-state index contributed by atoms with van der Waals surface area (Å²) in [5.41, 5.74) is 4.82. The number of benzene rings is 2. The van der Waals surface area contributed by atoms with E-state index in [-0.39, 0.29) is 5.91 Å². The second-order valence-corrected chi connectivity index (χ2v) is 7.54. The van der Waals surface area contributed by atoms with Gasteiger partial charge in [0, 0.05) is 55.5 Å². The van der Waals surface area contributed by atoms with Crippen LogP contribution in [-0.4, -0.2) is 53.9 Å². The van der Waals surface area contributed by atoms with Gasteiger partial charge in [-0.2, -0.15) is 0 Å². The van der Waals surface area contributed by atoms with Crippen LogP contribution in [0.5, 0.6) is 0 Å². The SMILES string of the molecule is CN1CCN(C(=O)c2cccc(Nc3cccc(/C=C/c4ccncc4)c3)c2)CC1. The van der Waals surface area contributed by atoms with Crippen molar-refractivity contribution >= 4 is 29.4 Å². The molecule has 1 amide bonds. The van der Waals surface area contributed by atoms with Gasteiger partial charge >= 0.3 is 0 Å². The molecule has 4 rings (SSSR count). The molecule has 2 aromatic carbocycles. The summed E-state index contributed by atoms with van der Waals surface area (Å²) in [7, 11) is 2.09. The predicted octanol–water partition coefficient (Wildman–Crippen LogP) is 4.38. The van der Waals surface area contributed by atoms with Crippen LogP contribution in [0.2, 0.25) is 0 Å². The van der Waals surface area contributed by atoms with Crippen molar-refractivity contribution in [3.05, 3.63) is 89.7 Å². The Morgan fingerprint density at radius 2 is 1.53 bits per heavy atom. The normalized spacial score (nSPS) is 14.8. The van der Waals surface area contributed by atoms with Gasteiger partial charge in [0.25, 0.3) is 5.91 Å². The molecule has 0 atom stereocenters. The Hall–Kier alpha value is -3.44. The summed E-state index contributed by atoms with van der Waals surface area (Å²) in [6.07, 6.45) is 7.71. The zero-order valence-corrected chi connectivity index (χ0v) is 17.2. The Morgan fingerprint density at radius 3 is 2.30 bits per heavy atom. The van der Waals surface area contributed by atoms with Gasteiger partial charge in [-0.15, -0.1) is 0 Å². The van der Waals surface area contributed by atoms with Crippen LogP contribution >= 0.6 is 0 Å². The van der Waals surface area contributed by atoms with Crippen molar-refractivity contribution in [2.24, 2.45) is 0 Å². The van der Waals surface area contributed by atoms with E-state index in [4.69, 9.17) is 0 Å². The van der Waals surface area contributed by atoms with Gasteiger partial charge in [0.2, 0.25) is 0 Å². The maximum atomic E-state index is 12.9. The summed E-state index contributed by atoms with van der Waals surface area (Å²) in [5, 5.41) is 3.42. The second kappa shape index (κ2) is 9.37. The maximum absolute atomic E-state index is 12.9. The number of nitrogens with one attached hydrogen (secondary N) is 1. The largest absolute Gasteiger partial charge is 0.355 e. The van der Waals surface area contributed by atoms with E-state index >= 15 is 0 Å². The smallest absolute Gasteiger partial charge is 0.254 e. The van der Waals surface area contributed by atoms with Crippen molar-refractivity contribution in [3.63, 3.8) is 0 Å². The molecule has 152 valence electrons. The van der Waals surface area contributed by atoms with Gasteiger partial charge in [0.05, 0.1) is 0 Å². The standard InChI is InChI=1S/C25H26N4O/c1-28-14-16-29(17-15-28)25(30)22-5-3-7-24(19-22)27-23-6-2-4-21(18-23)9-8-20-10-12-26-13-11-20/h2-13,18-19,27H,14-17H2,1H3/b9-8+. The lowest BCUT2D eigenvalue weighted by Crippen LogP contribution is -2.47. The number of anilines is 2. The van der Waals surface area contributed by atoms with Crippen LogP contribution in [-0.2, 0) is 0 Å². The summed E-state index contributed by atoms with van der Waals surface area (Å²) in [6, 6.07) is 19.9. The Labute approximate surface area is 177 Å². The summed E-state index contributed by atoms with van der Waals surface area (Å²) in [6.45, 7) is 3.39. The van der Waals surface area contributed by atoms with Gasteiger partial charge in [-0.25, -0.2) is 0 Å². The Bertz CT molecular complexity index is 1020. The molecule has 0 spiro atoms. The molecule has 1 N–H and O–H groups in total. The van der Waals surface area contributed by atoms with Gasteiger partial charge in [0.1, 0.15) is 0 Å². The molecule has 1 aliphatic rings. The van der Waals surface area contributed by atoms with Crippen LogP contribution in [0, 0.1) is 0 Å². The second-order valence-electron chi connectivity index (χ2n) is 7.54. The van der Waals surface area contributed by atoms with Crippen LogP contribution in [0.15, 0.2) is 73.1 Å². The Kier molecular flexibility index (Phi) is 6.20. The molecule has 5 heteroatoms. The fourth-order valence-corrected chi connectivity index (χ4v) is 3.48. The summed E-state index contributed by atoms with van der Waals surface area (Å²) >= 11 is 0. The molecule has 3 aromatic rings. The van der Waals surface area contributed by atoms with E-state index in [1.165, 1.54) is 0 Å². The van der Waals surface area contributed by atoms with Crippen LogP contribution in [0.1, 0.15) is 21.5 Å². The summed E-state index contributed by atoms with van der Waals surface area (Å²) < 4.78 is 0. The fraction of sp³-hybridized carbons (Fsp3) is 0.200. The van der Waals surface area contributed by atoms with E-state index in [0.717, 1.165) is 54.2 Å². The maximum Gasteiger partial charge on any atom is 0.254 e. The predicted molar refractivity (Wildman–Crippen MR) is 123 cm³/mol. The van der Waals surface area contributed by atoms with Crippen molar-refractivity contribution in [2.45, 2.75) is 0 Å². The molecule has 5 nitrogen and oxygen atoms in total. The third-order valence-electron chi connectivity index (χ3n) is 5.25. The first kappa shape index (κ1) is 19.9. The molecule has 0 radical (unpaired) electrons. The van der Waals surface area contributed by atoms with E-state index < -0.39 is 0 Å². The van der Waals surface area contributed by atoms with Gasteiger partial charge in [0.15, 0.2) is 0 Å². The highest BCUT2D eigenvalue weighted by molar-refractivity contribution is 5.95. The molecule has 0 bridgehead atoms. The van der Waals surface area contributed by atoms with E-state index in [1.54, 1.807) is 12.4 Å². The number of aromatic nitrogens is 1. The topological polar surface area (TPSA) is 48.5 Å². The lowest BCUT2D eigenvalue weighted by atomic mass is 10.1. The van der Waals surface area contributed by atoms with Crippen LogP contribution in [0.3, 0.4) is 0 Å². The van der Waals surface area contributed by atoms with Gasteiger partial charge < -0.3 is 15.1 Å². The Balaban J connectivity index is 1.45. The molecule has 1 saturated heterocycles. The Morgan fingerprint density at radius 1 is 0.867 bits per heavy atom. The fourth-order valence-electron chi connectivity index (χ4n) is 3.48. The van der Waals surface area contributed by atoms with E-state index in [1.807, 2.05) is 53.4 Å². The first-order chi connectivity index (χ1) is 14.7. The highest BCUT2D eigenvalue weighted by atomic mass is 16.2.